The van der Waals surface area contributed by atoms with E-state index in [2.05, 4.69) is 176 Å². The van der Waals surface area contributed by atoms with Crippen molar-refractivity contribution in [3.05, 3.63) is 58.1 Å². The third-order valence-corrected chi connectivity index (χ3v) is 52.6. The first-order valence-electron chi connectivity index (χ1n) is 21.9. The number of fused-ring (bicyclic) bond motifs is 1. The Bertz CT molecular complexity index is 1490. The zero-order chi connectivity index (χ0) is 41.4. The predicted octanol–water partition coefficient (Wildman–Crippen LogP) is 13.5. The van der Waals surface area contributed by atoms with Gasteiger partial charge in [-0.3, -0.25) is 0 Å². The van der Waals surface area contributed by atoms with Gasteiger partial charge < -0.3 is 0 Å². The Hall–Kier alpha value is 0.438. The fourth-order valence-corrected chi connectivity index (χ4v) is 67.1. The van der Waals surface area contributed by atoms with Crippen LogP contribution in [0.5, 0.6) is 0 Å². The van der Waals surface area contributed by atoms with Crippen molar-refractivity contribution in [2.24, 2.45) is 0 Å². The first-order chi connectivity index (χ1) is 24.2. The van der Waals surface area contributed by atoms with Gasteiger partial charge in [-0.15, -0.1) is 0 Å². The van der Waals surface area contributed by atoms with Crippen LogP contribution in [-0.4, -0.2) is 75.8 Å². The fourth-order valence-electron chi connectivity index (χ4n) is 12.6. The van der Waals surface area contributed by atoms with Gasteiger partial charge >= 0.3 is 352 Å². The molecular formula is C45H86OSeSi7. The van der Waals surface area contributed by atoms with Crippen molar-refractivity contribution in [2.45, 2.75) is 209 Å². The van der Waals surface area contributed by atoms with E-state index in [9.17, 15) is 0 Å². The normalized spacial score (nSPS) is 22.4. The maximum atomic E-state index is 8.42. The minimum absolute atomic E-state index is 0.432. The van der Waals surface area contributed by atoms with Crippen LogP contribution in [0.1, 0.15) is 109 Å². The van der Waals surface area contributed by atoms with Gasteiger partial charge in [0, 0.05) is 0 Å². The molecule has 306 valence electrons. The molecule has 3 unspecified atom stereocenters. The van der Waals surface area contributed by atoms with Crippen LogP contribution >= 0.6 is 0 Å². The van der Waals surface area contributed by atoms with E-state index in [0.29, 0.717) is 42.6 Å². The quantitative estimate of drug-likeness (QED) is 0.182. The summed E-state index contributed by atoms with van der Waals surface area (Å²) in [4.78, 5) is 0.754. The monoisotopic (exact) mass is 918 g/mol. The second-order valence-electron chi connectivity index (χ2n) is 24.9. The van der Waals surface area contributed by atoms with Crippen LogP contribution in [0, 0.1) is 0 Å². The Morgan fingerprint density at radius 1 is 0.519 bits per heavy atom. The van der Waals surface area contributed by atoms with Crippen LogP contribution in [0.2, 0.25) is 123 Å². The van der Waals surface area contributed by atoms with Gasteiger partial charge in [-0.05, 0) is 0 Å². The summed E-state index contributed by atoms with van der Waals surface area (Å²) in [5.41, 5.74) is 8.70. The third-order valence-electron chi connectivity index (χ3n) is 12.7. The summed E-state index contributed by atoms with van der Waals surface area (Å²) in [6.07, 6.45) is 5.83. The molecule has 1 aliphatic carbocycles. The molecule has 2 aromatic carbocycles. The zero-order valence-corrected chi connectivity index (χ0v) is 48.3. The Kier molecular flexibility index (Phi) is 14.1. The molecule has 0 bridgehead atoms. The van der Waals surface area contributed by atoms with E-state index in [4.69, 9.17) is 4.43 Å². The van der Waals surface area contributed by atoms with Gasteiger partial charge in [0.25, 0.3) is 0 Å². The van der Waals surface area contributed by atoms with E-state index in [-0.39, 0.29) is 0 Å². The molecule has 1 saturated heterocycles. The van der Waals surface area contributed by atoms with Gasteiger partial charge in [0.1, 0.15) is 0 Å². The molecule has 0 radical (unpaired) electrons. The van der Waals surface area contributed by atoms with E-state index >= 15 is 0 Å². The van der Waals surface area contributed by atoms with Gasteiger partial charge in [-0.1, -0.05) is 0 Å². The molecule has 1 heterocycles. The average molecular weight is 919 g/mol. The first-order valence-corrected chi connectivity index (χ1v) is 48.8. The zero-order valence-electron chi connectivity index (χ0n) is 39.6. The molecule has 1 nitrogen and oxygen atoms in total. The molecule has 54 heavy (non-hydrogen) atoms. The maximum absolute atomic E-state index is 8.42. The molecule has 2 aliphatic rings. The summed E-state index contributed by atoms with van der Waals surface area (Å²) in [5, 5.41) is 5.73. The molecule has 1 saturated carbocycles. The Labute approximate surface area is 349 Å². The summed E-state index contributed by atoms with van der Waals surface area (Å²) in [6.45, 7) is 56.3. The van der Waals surface area contributed by atoms with E-state index in [0.717, 1.165) is 9.98 Å². The SMILES string of the molecule is CC(C)c1cccc(C(C)C)c1[Si]1(c2c(C([Si](C)(C)C)[Si](C)(C)C)cc(C([Si](C)(C)C)[Si](C)(C)C)cc2C([Si](C)(C)C)[Si](C)(C)C)OC2CCCCC2[Se]1. The van der Waals surface area contributed by atoms with Crippen molar-refractivity contribution in [3.8, 4) is 0 Å². The van der Waals surface area contributed by atoms with Gasteiger partial charge in [0.05, 0.1) is 0 Å². The third kappa shape index (κ3) is 9.73. The Morgan fingerprint density at radius 2 is 0.870 bits per heavy atom. The summed E-state index contributed by atoms with van der Waals surface area (Å²) in [7, 11) is -9.98. The predicted molar refractivity (Wildman–Crippen MR) is 267 cm³/mol. The topological polar surface area (TPSA) is 9.23 Å². The molecule has 1 aliphatic heterocycles. The Morgan fingerprint density at radius 3 is 1.20 bits per heavy atom. The van der Waals surface area contributed by atoms with Crippen LogP contribution in [0.15, 0.2) is 30.3 Å². The van der Waals surface area contributed by atoms with Crippen LogP contribution in [0.25, 0.3) is 0 Å². The summed E-state index contributed by atoms with van der Waals surface area (Å²) in [6, 6.07) is 13.5. The molecule has 0 aromatic heterocycles. The van der Waals surface area contributed by atoms with Gasteiger partial charge in [0.2, 0.25) is 0 Å². The second kappa shape index (κ2) is 16.1. The first kappa shape index (κ1) is 47.1. The molecule has 2 fully saturated rings. The number of benzene rings is 2. The van der Waals surface area contributed by atoms with Crippen molar-refractivity contribution in [3.63, 3.8) is 0 Å². The van der Waals surface area contributed by atoms with Gasteiger partial charge in [0.15, 0.2) is 0 Å². The van der Waals surface area contributed by atoms with Crippen molar-refractivity contribution in [1.82, 2.24) is 0 Å². The summed E-state index contributed by atoms with van der Waals surface area (Å²) < 4.78 is 8.42. The summed E-state index contributed by atoms with van der Waals surface area (Å²) >= 11 is 0.432. The second-order valence-corrected chi connectivity index (χ2v) is 67.6. The molecule has 3 atom stereocenters. The molecule has 0 spiro atoms. The van der Waals surface area contributed by atoms with Crippen molar-refractivity contribution in [2.75, 3.05) is 0 Å². The van der Waals surface area contributed by atoms with Crippen molar-refractivity contribution in [1.29, 1.82) is 0 Å². The molecule has 4 rings (SSSR count). The van der Waals surface area contributed by atoms with Crippen LogP contribution < -0.4 is 10.4 Å². The van der Waals surface area contributed by atoms with Crippen molar-refractivity contribution >= 4 is 80.1 Å². The fraction of sp³-hybridized carbons (Fsp3) is 0.733. The van der Waals surface area contributed by atoms with Gasteiger partial charge in [-0.2, -0.15) is 0 Å². The minimum atomic E-state index is -2.73. The van der Waals surface area contributed by atoms with E-state index in [1.54, 1.807) is 21.9 Å². The van der Waals surface area contributed by atoms with Crippen LogP contribution in [-0.2, 0) is 4.43 Å². The Balaban J connectivity index is 2.48. The van der Waals surface area contributed by atoms with Crippen molar-refractivity contribution < 1.29 is 4.43 Å². The molecule has 9 heteroatoms. The number of hydrogen-bond donors (Lipinski definition) is 0. The molecule has 2 aromatic rings. The van der Waals surface area contributed by atoms with Crippen LogP contribution in [0.3, 0.4) is 0 Å². The average Bonchev–Trinajstić information content (AvgIpc) is 3.32. The summed E-state index contributed by atoms with van der Waals surface area (Å²) in [5.74, 6) is 0.961. The number of rotatable bonds is 13. The van der Waals surface area contributed by atoms with Crippen LogP contribution in [0.4, 0.5) is 0 Å². The van der Waals surface area contributed by atoms with E-state index in [1.807, 2.05) is 16.3 Å². The number of hydrogen-bond acceptors (Lipinski definition) is 1. The van der Waals surface area contributed by atoms with E-state index in [1.165, 1.54) is 25.7 Å². The van der Waals surface area contributed by atoms with E-state index < -0.39 is 55.4 Å². The molecule has 0 amide bonds. The standard InChI is InChI=1S/C45H86OSeSi7/c1-32(2)35-26-25-27-36(33(3)4)41(35)54(46-39-28-23-24-29-40(39)47-54)42-37(44(50(11,12)13)51(14,15)16)30-34(43(48(5,6)7)49(8,9)10)31-38(42)45(52(17,18)19)53(20,21)22/h25-27,30-33,39-40,43-45H,23-24,28-29H2,1-22H3. The molecule has 0 N–H and O–H groups in total. The molecular weight excluding hydrogens is 832 g/mol. The van der Waals surface area contributed by atoms with Gasteiger partial charge in [-0.25, -0.2) is 0 Å².